The van der Waals surface area contributed by atoms with Crippen molar-refractivity contribution in [2.45, 2.75) is 20.8 Å². The van der Waals surface area contributed by atoms with Gasteiger partial charge in [-0.2, -0.15) is 0 Å². The topological polar surface area (TPSA) is 57.9 Å². The lowest BCUT2D eigenvalue weighted by Gasteiger charge is -2.13. The van der Waals surface area contributed by atoms with Crippen molar-refractivity contribution in [3.05, 3.63) is 64.0 Å². The third-order valence-electron chi connectivity index (χ3n) is 4.56. The largest absolute Gasteiger partial charge is 0.497 e. The van der Waals surface area contributed by atoms with Gasteiger partial charge in [0.1, 0.15) is 29.4 Å². The molecule has 3 rings (SSSR count). The molecule has 0 fully saturated rings. The minimum Gasteiger partial charge on any atom is -0.497 e. The zero-order valence-electron chi connectivity index (χ0n) is 16.8. The Labute approximate surface area is 164 Å². The third-order valence-corrected chi connectivity index (χ3v) is 4.56. The average Bonchev–Trinajstić information content (AvgIpc) is 2.68. The summed E-state index contributed by atoms with van der Waals surface area (Å²) in [6.07, 6.45) is 2.01. The van der Waals surface area contributed by atoms with Gasteiger partial charge in [0.15, 0.2) is 0 Å². The molecule has 1 aromatic heterocycles. The lowest BCUT2D eigenvalue weighted by molar-refractivity contribution is 0.362. The first kappa shape index (κ1) is 19.5. The molecule has 0 saturated heterocycles. The third kappa shape index (κ3) is 3.88. The highest BCUT2D eigenvalue weighted by Gasteiger charge is 2.18. The summed E-state index contributed by atoms with van der Waals surface area (Å²) in [5, 5.41) is 0.821. The van der Waals surface area contributed by atoms with Crippen LogP contribution in [-0.4, -0.2) is 20.8 Å². The lowest BCUT2D eigenvalue weighted by Crippen LogP contribution is -2.07. The predicted octanol–water partition coefficient (Wildman–Crippen LogP) is 5.13. The number of allylic oxidation sites excluding steroid dienone is 1. The zero-order chi connectivity index (χ0) is 20.3. The van der Waals surface area contributed by atoms with E-state index in [0.29, 0.717) is 34.8 Å². The molecule has 0 aliphatic carbocycles. The highest BCUT2D eigenvalue weighted by atomic mass is 16.5. The van der Waals surface area contributed by atoms with Crippen LogP contribution in [0.1, 0.15) is 19.4 Å². The van der Waals surface area contributed by atoms with E-state index < -0.39 is 5.63 Å². The molecule has 5 nitrogen and oxygen atoms in total. The second kappa shape index (κ2) is 8.21. The van der Waals surface area contributed by atoms with Crippen LogP contribution < -0.4 is 19.8 Å². The zero-order valence-corrected chi connectivity index (χ0v) is 16.8. The second-order valence-corrected chi connectivity index (χ2v) is 6.71. The Morgan fingerprint density at radius 1 is 1.04 bits per heavy atom. The molecule has 0 radical (unpaired) electrons. The van der Waals surface area contributed by atoms with Crippen molar-refractivity contribution in [3.8, 4) is 28.4 Å². The van der Waals surface area contributed by atoms with E-state index in [1.54, 1.807) is 44.6 Å². The molecule has 1 heterocycles. The fraction of sp³-hybridized carbons (Fsp3) is 0.261. The van der Waals surface area contributed by atoms with Crippen LogP contribution in [0.15, 0.2) is 57.3 Å². The molecule has 0 bridgehead atoms. The number of rotatable bonds is 6. The summed E-state index contributed by atoms with van der Waals surface area (Å²) in [4.78, 5) is 12.7. The molecule has 5 heteroatoms. The first-order chi connectivity index (χ1) is 13.4. The van der Waals surface area contributed by atoms with Gasteiger partial charge in [0, 0.05) is 17.0 Å². The SMILES string of the molecule is COc1ccc(-c2c(C)c3cc(OCC=C(C)C)ccc3oc2=O)c(OC)c1. The standard InChI is InChI=1S/C23H24O5/c1-14(2)10-11-27-17-7-9-20-19(12-17)15(3)22(23(24)28-20)18-8-6-16(25-4)13-21(18)26-5/h6-10,12-13H,11H2,1-5H3. The van der Waals surface area contributed by atoms with Crippen molar-refractivity contribution < 1.29 is 18.6 Å². The molecular weight excluding hydrogens is 356 g/mol. The molecule has 0 amide bonds. The van der Waals surface area contributed by atoms with Crippen LogP contribution in [0.25, 0.3) is 22.1 Å². The molecule has 0 spiro atoms. The number of aryl methyl sites for hydroxylation is 1. The van der Waals surface area contributed by atoms with Gasteiger partial charge >= 0.3 is 5.63 Å². The van der Waals surface area contributed by atoms with Crippen LogP contribution in [0.3, 0.4) is 0 Å². The Morgan fingerprint density at radius 2 is 1.79 bits per heavy atom. The van der Waals surface area contributed by atoms with E-state index in [0.717, 1.165) is 16.7 Å². The monoisotopic (exact) mass is 380 g/mol. The fourth-order valence-electron chi connectivity index (χ4n) is 3.04. The van der Waals surface area contributed by atoms with E-state index in [1.807, 2.05) is 32.9 Å². The highest BCUT2D eigenvalue weighted by Crippen LogP contribution is 2.36. The van der Waals surface area contributed by atoms with Gasteiger partial charge in [-0.05, 0) is 62.7 Å². The maximum atomic E-state index is 12.7. The molecule has 0 aliphatic heterocycles. The van der Waals surface area contributed by atoms with E-state index >= 15 is 0 Å². The number of methoxy groups -OCH3 is 2. The molecule has 0 N–H and O–H groups in total. The van der Waals surface area contributed by atoms with E-state index in [9.17, 15) is 4.79 Å². The van der Waals surface area contributed by atoms with Crippen molar-refractivity contribution in [2.24, 2.45) is 0 Å². The molecular formula is C23H24O5. The normalized spacial score (nSPS) is 10.6. The van der Waals surface area contributed by atoms with Crippen LogP contribution in [0, 0.1) is 6.92 Å². The summed E-state index contributed by atoms with van der Waals surface area (Å²) in [6.45, 7) is 6.44. The van der Waals surface area contributed by atoms with Gasteiger partial charge in [-0.3, -0.25) is 0 Å². The fourth-order valence-corrected chi connectivity index (χ4v) is 3.04. The summed E-state index contributed by atoms with van der Waals surface area (Å²) >= 11 is 0. The van der Waals surface area contributed by atoms with Crippen LogP contribution in [0.4, 0.5) is 0 Å². The van der Waals surface area contributed by atoms with Crippen molar-refractivity contribution >= 4 is 11.0 Å². The van der Waals surface area contributed by atoms with Gasteiger partial charge in [-0.15, -0.1) is 0 Å². The van der Waals surface area contributed by atoms with Gasteiger partial charge in [0.05, 0.1) is 19.8 Å². The molecule has 0 unspecified atom stereocenters. The minimum absolute atomic E-state index is 0.410. The molecule has 146 valence electrons. The highest BCUT2D eigenvalue weighted by molar-refractivity contribution is 5.89. The summed E-state index contributed by atoms with van der Waals surface area (Å²) in [7, 11) is 3.15. The Bertz CT molecular complexity index is 1090. The predicted molar refractivity (Wildman–Crippen MR) is 111 cm³/mol. The van der Waals surface area contributed by atoms with Crippen LogP contribution in [-0.2, 0) is 0 Å². The Kier molecular flexibility index (Phi) is 5.73. The smallest absolute Gasteiger partial charge is 0.344 e. The van der Waals surface area contributed by atoms with Gasteiger partial charge < -0.3 is 18.6 Å². The van der Waals surface area contributed by atoms with Crippen molar-refractivity contribution in [1.82, 2.24) is 0 Å². The van der Waals surface area contributed by atoms with Crippen LogP contribution in [0.2, 0.25) is 0 Å². The second-order valence-electron chi connectivity index (χ2n) is 6.71. The van der Waals surface area contributed by atoms with Crippen molar-refractivity contribution in [2.75, 3.05) is 20.8 Å². The molecule has 28 heavy (non-hydrogen) atoms. The van der Waals surface area contributed by atoms with Crippen molar-refractivity contribution in [1.29, 1.82) is 0 Å². The average molecular weight is 380 g/mol. The Hall–Kier alpha value is -3.21. The number of benzene rings is 2. The van der Waals surface area contributed by atoms with Gasteiger partial charge in [0.2, 0.25) is 0 Å². The van der Waals surface area contributed by atoms with E-state index in [-0.39, 0.29) is 0 Å². The van der Waals surface area contributed by atoms with E-state index in [2.05, 4.69) is 0 Å². The minimum atomic E-state index is -0.410. The molecule has 2 aromatic carbocycles. The van der Waals surface area contributed by atoms with E-state index in [1.165, 1.54) is 5.57 Å². The molecule has 3 aromatic rings. The summed E-state index contributed by atoms with van der Waals surface area (Å²) < 4.78 is 22.1. The molecule has 0 saturated carbocycles. The van der Waals surface area contributed by atoms with Gasteiger partial charge in [-0.1, -0.05) is 5.57 Å². The lowest BCUT2D eigenvalue weighted by atomic mass is 9.98. The van der Waals surface area contributed by atoms with E-state index in [4.69, 9.17) is 18.6 Å². The van der Waals surface area contributed by atoms with Gasteiger partial charge in [-0.25, -0.2) is 4.79 Å². The Balaban J connectivity index is 2.13. The molecule has 0 aliphatic rings. The van der Waals surface area contributed by atoms with Crippen LogP contribution >= 0.6 is 0 Å². The summed E-state index contributed by atoms with van der Waals surface area (Å²) in [5.74, 6) is 1.91. The Morgan fingerprint density at radius 3 is 2.46 bits per heavy atom. The van der Waals surface area contributed by atoms with Crippen molar-refractivity contribution in [3.63, 3.8) is 0 Å². The summed E-state index contributed by atoms with van der Waals surface area (Å²) in [6, 6.07) is 10.8. The number of hydrogen-bond acceptors (Lipinski definition) is 5. The number of ether oxygens (including phenoxy) is 3. The number of fused-ring (bicyclic) bond motifs is 1. The summed E-state index contributed by atoms with van der Waals surface area (Å²) in [5.41, 5.74) is 3.24. The first-order valence-corrected chi connectivity index (χ1v) is 9.00. The van der Waals surface area contributed by atoms with Crippen LogP contribution in [0.5, 0.6) is 17.2 Å². The molecule has 0 atom stereocenters. The van der Waals surface area contributed by atoms with Gasteiger partial charge in [0.25, 0.3) is 0 Å². The maximum absolute atomic E-state index is 12.7. The first-order valence-electron chi connectivity index (χ1n) is 9.00. The maximum Gasteiger partial charge on any atom is 0.344 e. The quantitative estimate of drug-likeness (QED) is 0.438. The number of hydrogen-bond donors (Lipinski definition) is 0.